The van der Waals surface area contributed by atoms with Gasteiger partial charge in [-0.1, -0.05) is 46.3 Å². The summed E-state index contributed by atoms with van der Waals surface area (Å²) in [4.78, 5) is 46.3. The summed E-state index contributed by atoms with van der Waals surface area (Å²) in [6.45, 7) is 9.31. The molecule has 2 N–H and O–H groups in total. The number of urea groups is 1. The maximum absolute atomic E-state index is 14.0. The highest BCUT2D eigenvalue weighted by Crippen LogP contribution is 2.32. The normalized spacial score (nSPS) is 20.9. The van der Waals surface area contributed by atoms with E-state index in [9.17, 15) is 14.4 Å². The fourth-order valence-electron chi connectivity index (χ4n) is 7.95. The van der Waals surface area contributed by atoms with E-state index in [1.54, 1.807) is 4.90 Å². The lowest BCUT2D eigenvalue weighted by Crippen LogP contribution is -2.52. The van der Waals surface area contributed by atoms with Crippen LogP contribution in [0.4, 0.5) is 15.3 Å². The summed E-state index contributed by atoms with van der Waals surface area (Å²) >= 11 is 3.65. The number of nitrogens with one attached hydrogen (secondary N) is 2. The number of ether oxygens (including phenoxy) is 1. The summed E-state index contributed by atoms with van der Waals surface area (Å²) in [6.07, 6.45) is 5.62. The second-order valence-corrected chi connectivity index (χ2v) is 14.4. The lowest BCUT2D eigenvalue weighted by Gasteiger charge is -2.39. The van der Waals surface area contributed by atoms with Gasteiger partial charge in [0, 0.05) is 56.8 Å². The molecule has 4 aliphatic rings. The molecule has 9 nitrogen and oxygen atoms in total. The number of rotatable bonds is 6. The predicted molar refractivity (Wildman–Crippen MR) is 185 cm³/mol. The van der Waals surface area contributed by atoms with E-state index in [0.717, 1.165) is 70.7 Å². The highest BCUT2D eigenvalue weighted by Gasteiger charge is 2.36. The second-order valence-electron chi connectivity index (χ2n) is 13.6. The molecule has 1 atom stereocenters. The molecule has 250 valence electrons. The summed E-state index contributed by atoms with van der Waals surface area (Å²) in [5.74, 6) is 1.30. The first-order chi connectivity index (χ1) is 22.3. The number of hydrogen-bond acceptors (Lipinski definition) is 5. The largest absolute Gasteiger partial charge is 0.436 e. The van der Waals surface area contributed by atoms with Crippen molar-refractivity contribution in [3.05, 3.63) is 63.1 Å². The van der Waals surface area contributed by atoms with E-state index in [0.29, 0.717) is 57.9 Å². The maximum atomic E-state index is 14.0. The average molecular weight is 697 g/mol. The third-order valence-corrected chi connectivity index (χ3v) is 11.9. The highest BCUT2D eigenvalue weighted by atomic mass is 79.9. The van der Waals surface area contributed by atoms with Crippen LogP contribution >= 0.6 is 15.9 Å². The Kier molecular flexibility index (Phi) is 10.5. The Morgan fingerprint density at radius 2 is 1.54 bits per heavy atom. The molecule has 2 aromatic carbocycles. The van der Waals surface area contributed by atoms with Gasteiger partial charge in [-0.05, 0) is 112 Å². The Morgan fingerprint density at radius 3 is 2.24 bits per heavy atom. The number of benzene rings is 2. The molecule has 0 saturated carbocycles. The molecule has 10 heteroatoms. The van der Waals surface area contributed by atoms with Gasteiger partial charge >= 0.3 is 12.1 Å². The van der Waals surface area contributed by atoms with Crippen molar-refractivity contribution >= 4 is 39.6 Å². The van der Waals surface area contributed by atoms with Gasteiger partial charge in [0.05, 0.1) is 0 Å². The topological polar surface area (TPSA) is 94.2 Å². The molecule has 0 aromatic heterocycles. The molecule has 0 radical (unpaired) electrons. The third-order valence-electron chi connectivity index (χ3n) is 10.6. The third kappa shape index (κ3) is 7.54. The van der Waals surface area contributed by atoms with E-state index in [1.165, 1.54) is 12.8 Å². The molecule has 2 aromatic rings. The molecular formula is C36H50BrN5O4. The summed E-state index contributed by atoms with van der Waals surface area (Å²) in [6, 6.07) is 12.1. The van der Waals surface area contributed by atoms with Crippen LogP contribution in [0.5, 0.6) is 0 Å². The summed E-state index contributed by atoms with van der Waals surface area (Å²) in [7, 11) is 0. The molecule has 0 spiro atoms. The minimum Gasteiger partial charge on any atom is -0.436 e. The van der Waals surface area contributed by atoms with Crippen LogP contribution in [0, 0.1) is 25.7 Å². The van der Waals surface area contributed by atoms with E-state index >= 15 is 0 Å². The number of anilines is 1. The van der Waals surface area contributed by atoms with Crippen molar-refractivity contribution < 1.29 is 20.5 Å². The highest BCUT2D eigenvalue weighted by molar-refractivity contribution is 9.10. The van der Waals surface area contributed by atoms with Crippen molar-refractivity contribution in [3.8, 4) is 0 Å². The van der Waals surface area contributed by atoms with Crippen LogP contribution < -0.4 is 10.6 Å². The van der Waals surface area contributed by atoms with Crippen LogP contribution in [0.2, 0.25) is 0 Å². The van der Waals surface area contributed by atoms with Gasteiger partial charge in [0.15, 0.2) is 6.10 Å². The first-order valence-electron chi connectivity index (χ1n) is 17.1. The SMILES string of the molecule is Cc1cc(C[C@@H](OC(=O)N2CCC(N3CCc4ccccc4NC3=O)CC2)C(=O)N2CCC(C3CCNCC3)CC2)cc(C)c1Br.[HH]. The summed E-state index contributed by atoms with van der Waals surface area (Å²) in [5.41, 5.74) is 5.19. The number of para-hydroxylation sites is 1. The quantitative estimate of drug-likeness (QED) is 0.378. The van der Waals surface area contributed by atoms with Crippen molar-refractivity contribution in [2.45, 2.75) is 77.4 Å². The van der Waals surface area contributed by atoms with Crippen LogP contribution in [0.1, 0.15) is 62.2 Å². The molecule has 0 aliphatic carbocycles. The fourth-order valence-corrected chi connectivity index (χ4v) is 8.18. The molecule has 6 rings (SSSR count). The monoisotopic (exact) mass is 695 g/mol. The van der Waals surface area contributed by atoms with Gasteiger partial charge in [-0.15, -0.1) is 0 Å². The number of aryl methyl sites for hydroxylation is 2. The maximum Gasteiger partial charge on any atom is 0.410 e. The van der Waals surface area contributed by atoms with Crippen LogP contribution in [-0.4, -0.2) is 90.7 Å². The Bertz CT molecular complexity index is 1400. The number of halogens is 1. The van der Waals surface area contributed by atoms with Crippen molar-refractivity contribution in [2.24, 2.45) is 11.8 Å². The molecule has 4 aliphatic heterocycles. The number of carbonyl (C=O) groups is 3. The van der Waals surface area contributed by atoms with Gasteiger partial charge in [0.1, 0.15) is 0 Å². The standard InChI is InChI=1S/C36H48BrN5O4.H2/c1-24-21-26(22-25(2)33(24)37)23-32(34(43)40-16-9-28(10-17-40)27-7-14-38-15-8-27)46-36(45)41-18-12-30(13-19-41)42-20-11-29-5-3-4-6-31(29)39-35(42)44;/h3-6,21-22,27-28,30,32,38H,7-20,23H2,1-2H3,(H,39,44);1H/t32-;/m1./s1. The zero-order valence-electron chi connectivity index (χ0n) is 27.2. The lowest BCUT2D eigenvalue weighted by molar-refractivity contribution is -0.142. The van der Waals surface area contributed by atoms with E-state index in [1.807, 2.05) is 41.8 Å². The Morgan fingerprint density at radius 1 is 0.913 bits per heavy atom. The zero-order valence-corrected chi connectivity index (χ0v) is 28.8. The molecule has 0 bridgehead atoms. The number of nitrogens with zero attached hydrogens (tertiary/aromatic N) is 3. The number of hydrogen-bond donors (Lipinski definition) is 2. The van der Waals surface area contributed by atoms with Gasteiger partial charge in [-0.2, -0.15) is 0 Å². The van der Waals surface area contributed by atoms with Crippen LogP contribution in [-0.2, 0) is 22.4 Å². The number of fused-ring (bicyclic) bond motifs is 1. The number of carbonyl (C=O) groups excluding carboxylic acids is 3. The number of piperidine rings is 3. The molecular weight excluding hydrogens is 646 g/mol. The van der Waals surface area contributed by atoms with Crippen molar-refractivity contribution in [1.82, 2.24) is 20.0 Å². The van der Waals surface area contributed by atoms with Crippen molar-refractivity contribution in [1.29, 1.82) is 0 Å². The minimum atomic E-state index is -0.879. The molecule has 46 heavy (non-hydrogen) atoms. The Balaban J connectivity index is 0.00000433. The number of likely N-dealkylation sites (tertiary alicyclic amines) is 2. The first kappa shape index (κ1) is 32.8. The van der Waals surface area contributed by atoms with Gasteiger partial charge in [-0.25, -0.2) is 9.59 Å². The van der Waals surface area contributed by atoms with E-state index in [2.05, 4.69) is 44.8 Å². The average Bonchev–Trinajstić information content (AvgIpc) is 3.25. The smallest absolute Gasteiger partial charge is 0.410 e. The first-order valence-corrected chi connectivity index (χ1v) is 17.9. The minimum absolute atomic E-state index is 0. The van der Waals surface area contributed by atoms with Gasteiger partial charge in [0.2, 0.25) is 0 Å². The summed E-state index contributed by atoms with van der Waals surface area (Å²) in [5, 5.41) is 6.53. The Labute approximate surface area is 283 Å². The van der Waals surface area contributed by atoms with Crippen molar-refractivity contribution in [3.63, 3.8) is 0 Å². The zero-order chi connectivity index (χ0) is 32.2. The lowest BCUT2D eigenvalue weighted by atomic mass is 9.79. The summed E-state index contributed by atoms with van der Waals surface area (Å²) < 4.78 is 7.17. The van der Waals surface area contributed by atoms with E-state index < -0.39 is 12.2 Å². The molecule has 0 unspecified atom stereocenters. The van der Waals surface area contributed by atoms with Crippen LogP contribution in [0.3, 0.4) is 0 Å². The van der Waals surface area contributed by atoms with Gasteiger partial charge < -0.3 is 30.1 Å². The molecule has 4 amide bonds. The Hall–Kier alpha value is -3.11. The number of amides is 4. The molecule has 4 heterocycles. The van der Waals surface area contributed by atoms with Gasteiger partial charge in [0.25, 0.3) is 5.91 Å². The second kappa shape index (κ2) is 14.8. The van der Waals surface area contributed by atoms with Crippen molar-refractivity contribution in [2.75, 3.05) is 51.1 Å². The predicted octanol–water partition coefficient (Wildman–Crippen LogP) is 6.15. The fraction of sp³-hybridized carbons (Fsp3) is 0.583. The van der Waals surface area contributed by atoms with Crippen LogP contribution in [0.15, 0.2) is 40.9 Å². The molecule has 3 saturated heterocycles. The van der Waals surface area contributed by atoms with E-state index in [-0.39, 0.29) is 19.4 Å². The molecule has 3 fully saturated rings. The van der Waals surface area contributed by atoms with Crippen LogP contribution in [0.25, 0.3) is 0 Å². The van der Waals surface area contributed by atoms with E-state index in [4.69, 9.17) is 4.74 Å². The van der Waals surface area contributed by atoms with Gasteiger partial charge in [-0.3, -0.25) is 4.79 Å².